The highest BCUT2D eigenvalue weighted by Gasteiger charge is 2.13. The summed E-state index contributed by atoms with van der Waals surface area (Å²) in [5, 5.41) is 2.83. The Morgan fingerprint density at radius 3 is 2.47 bits per heavy atom. The smallest absolute Gasteiger partial charge is 0.237 e. The minimum atomic E-state index is -0.524. The Morgan fingerprint density at radius 2 is 1.79 bits per heavy atom. The number of nitrogens with two attached hydrogens (primary N) is 1. The van der Waals surface area contributed by atoms with Crippen molar-refractivity contribution >= 4 is 5.91 Å². The summed E-state index contributed by atoms with van der Waals surface area (Å²) in [5.74, 6) is -0.138. The van der Waals surface area contributed by atoms with Crippen molar-refractivity contribution < 1.29 is 4.79 Å². The van der Waals surface area contributed by atoms with E-state index in [4.69, 9.17) is 5.73 Å². The number of benzene rings is 1. The molecule has 4 nitrogen and oxygen atoms in total. The largest absolute Gasteiger partial charge is 0.351 e. The number of pyridine rings is 1. The summed E-state index contributed by atoms with van der Waals surface area (Å²) in [4.78, 5) is 15.8. The fourth-order valence-corrected chi connectivity index (χ4v) is 1.78. The van der Waals surface area contributed by atoms with Crippen molar-refractivity contribution in [2.75, 3.05) is 0 Å². The van der Waals surface area contributed by atoms with Gasteiger partial charge >= 0.3 is 0 Å². The van der Waals surface area contributed by atoms with Crippen molar-refractivity contribution in [3.8, 4) is 0 Å². The molecule has 0 aliphatic heterocycles. The second-order valence-electron chi connectivity index (χ2n) is 4.37. The van der Waals surface area contributed by atoms with Crippen LogP contribution in [0.1, 0.15) is 11.1 Å². The predicted octanol–water partition coefficient (Wildman–Crippen LogP) is 1.27. The van der Waals surface area contributed by atoms with Gasteiger partial charge in [0.05, 0.1) is 6.04 Å². The average Bonchev–Trinajstić information content (AvgIpc) is 2.47. The first kappa shape index (κ1) is 13.2. The summed E-state index contributed by atoms with van der Waals surface area (Å²) in [7, 11) is 0. The van der Waals surface area contributed by atoms with Crippen molar-refractivity contribution in [2.24, 2.45) is 5.73 Å². The minimum absolute atomic E-state index is 0.138. The number of amides is 1. The standard InChI is InChI=1S/C15H17N3O/c16-14(10-12-4-2-1-3-5-12)15(19)18-11-13-6-8-17-9-7-13/h1-9,14H,10-11,16H2,(H,18,19)/t14-/m0/s1. The molecule has 1 amide bonds. The zero-order valence-electron chi connectivity index (χ0n) is 10.6. The normalized spacial score (nSPS) is 11.8. The van der Waals surface area contributed by atoms with Gasteiger partial charge in [-0.3, -0.25) is 9.78 Å². The van der Waals surface area contributed by atoms with Crippen molar-refractivity contribution in [3.05, 3.63) is 66.0 Å². The summed E-state index contributed by atoms with van der Waals surface area (Å²) in [5.41, 5.74) is 7.96. The summed E-state index contributed by atoms with van der Waals surface area (Å²) < 4.78 is 0. The van der Waals surface area contributed by atoms with Crippen LogP contribution < -0.4 is 11.1 Å². The van der Waals surface area contributed by atoms with Crippen LogP contribution in [0.15, 0.2) is 54.9 Å². The number of carbonyl (C=O) groups excluding carboxylic acids is 1. The lowest BCUT2D eigenvalue weighted by molar-refractivity contribution is -0.122. The molecule has 1 aromatic heterocycles. The molecule has 1 heterocycles. The highest BCUT2D eigenvalue weighted by atomic mass is 16.2. The van der Waals surface area contributed by atoms with Crippen molar-refractivity contribution in [1.82, 2.24) is 10.3 Å². The molecular weight excluding hydrogens is 238 g/mol. The molecule has 0 saturated carbocycles. The molecule has 0 bridgehead atoms. The van der Waals surface area contributed by atoms with Gasteiger partial charge in [0, 0.05) is 18.9 Å². The highest BCUT2D eigenvalue weighted by Crippen LogP contribution is 2.02. The summed E-state index contributed by atoms with van der Waals surface area (Å²) >= 11 is 0. The van der Waals surface area contributed by atoms with Crippen LogP contribution in [0, 0.1) is 0 Å². The van der Waals surface area contributed by atoms with Gasteiger partial charge in [0.25, 0.3) is 0 Å². The zero-order valence-corrected chi connectivity index (χ0v) is 10.6. The van der Waals surface area contributed by atoms with Crippen LogP contribution in [0.2, 0.25) is 0 Å². The number of hydrogen-bond acceptors (Lipinski definition) is 3. The lowest BCUT2D eigenvalue weighted by atomic mass is 10.1. The number of carbonyl (C=O) groups is 1. The Kier molecular flexibility index (Phi) is 4.64. The van der Waals surface area contributed by atoms with Gasteiger partial charge in [-0.05, 0) is 29.7 Å². The quantitative estimate of drug-likeness (QED) is 0.845. The van der Waals surface area contributed by atoms with Crippen LogP contribution >= 0.6 is 0 Å². The van der Waals surface area contributed by atoms with Crippen molar-refractivity contribution in [2.45, 2.75) is 19.0 Å². The van der Waals surface area contributed by atoms with E-state index >= 15 is 0 Å². The predicted molar refractivity (Wildman–Crippen MR) is 74.2 cm³/mol. The van der Waals surface area contributed by atoms with Gasteiger partial charge in [0.15, 0.2) is 0 Å². The fourth-order valence-electron chi connectivity index (χ4n) is 1.78. The molecule has 19 heavy (non-hydrogen) atoms. The first-order chi connectivity index (χ1) is 9.25. The fraction of sp³-hybridized carbons (Fsp3) is 0.200. The molecule has 0 radical (unpaired) electrons. The Hall–Kier alpha value is -2.20. The molecule has 0 saturated heterocycles. The molecule has 98 valence electrons. The van der Waals surface area contributed by atoms with E-state index in [9.17, 15) is 4.79 Å². The molecule has 1 aromatic carbocycles. The summed E-state index contributed by atoms with van der Waals surface area (Å²) in [6.07, 6.45) is 3.94. The van der Waals surface area contributed by atoms with Crippen LogP contribution in [-0.2, 0) is 17.8 Å². The first-order valence-electron chi connectivity index (χ1n) is 6.22. The van der Waals surface area contributed by atoms with Crippen LogP contribution in [0.3, 0.4) is 0 Å². The third-order valence-corrected chi connectivity index (χ3v) is 2.85. The van der Waals surface area contributed by atoms with E-state index in [0.29, 0.717) is 13.0 Å². The van der Waals surface area contributed by atoms with Gasteiger partial charge in [-0.1, -0.05) is 30.3 Å². The summed E-state index contributed by atoms with van der Waals surface area (Å²) in [6.45, 7) is 0.476. The molecule has 0 fully saturated rings. The number of hydrogen-bond donors (Lipinski definition) is 2. The minimum Gasteiger partial charge on any atom is -0.351 e. The van der Waals surface area contributed by atoms with Gasteiger partial charge in [-0.25, -0.2) is 0 Å². The molecule has 1 atom stereocenters. The van der Waals surface area contributed by atoms with Gasteiger partial charge in [0.2, 0.25) is 5.91 Å². The molecule has 0 aliphatic carbocycles. The van der Waals surface area contributed by atoms with Gasteiger partial charge in [-0.15, -0.1) is 0 Å². The molecule has 0 spiro atoms. The Labute approximate surface area is 112 Å². The number of rotatable bonds is 5. The molecule has 2 rings (SSSR count). The van der Waals surface area contributed by atoms with Crippen LogP contribution in [0.4, 0.5) is 0 Å². The van der Waals surface area contributed by atoms with E-state index in [1.807, 2.05) is 42.5 Å². The Morgan fingerprint density at radius 1 is 1.11 bits per heavy atom. The van der Waals surface area contributed by atoms with Crippen LogP contribution in [0.25, 0.3) is 0 Å². The van der Waals surface area contributed by atoms with Crippen molar-refractivity contribution in [3.63, 3.8) is 0 Å². The lowest BCUT2D eigenvalue weighted by Gasteiger charge is -2.12. The van der Waals surface area contributed by atoms with E-state index in [1.54, 1.807) is 12.4 Å². The molecule has 0 unspecified atom stereocenters. The number of aromatic nitrogens is 1. The van der Waals surface area contributed by atoms with E-state index in [2.05, 4.69) is 10.3 Å². The second kappa shape index (κ2) is 6.66. The monoisotopic (exact) mass is 255 g/mol. The maximum atomic E-state index is 11.9. The number of nitrogens with one attached hydrogen (secondary N) is 1. The first-order valence-corrected chi connectivity index (χ1v) is 6.22. The van der Waals surface area contributed by atoms with Crippen LogP contribution in [-0.4, -0.2) is 16.9 Å². The number of nitrogens with zero attached hydrogens (tertiary/aromatic N) is 1. The lowest BCUT2D eigenvalue weighted by Crippen LogP contribution is -2.41. The molecule has 0 aliphatic rings. The highest BCUT2D eigenvalue weighted by molar-refractivity contribution is 5.81. The maximum Gasteiger partial charge on any atom is 0.237 e. The Balaban J connectivity index is 1.83. The third kappa shape index (κ3) is 4.19. The maximum absolute atomic E-state index is 11.9. The van der Waals surface area contributed by atoms with Gasteiger partial charge < -0.3 is 11.1 Å². The average molecular weight is 255 g/mol. The second-order valence-corrected chi connectivity index (χ2v) is 4.37. The summed E-state index contributed by atoms with van der Waals surface area (Å²) in [6, 6.07) is 13.0. The van der Waals surface area contributed by atoms with E-state index < -0.39 is 6.04 Å². The van der Waals surface area contributed by atoms with E-state index in [1.165, 1.54) is 0 Å². The van der Waals surface area contributed by atoms with E-state index in [0.717, 1.165) is 11.1 Å². The molecular formula is C15H17N3O. The molecule has 4 heteroatoms. The Bertz CT molecular complexity index is 513. The zero-order chi connectivity index (χ0) is 13.5. The van der Waals surface area contributed by atoms with E-state index in [-0.39, 0.29) is 5.91 Å². The topological polar surface area (TPSA) is 68.0 Å². The molecule has 3 N–H and O–H groups in total. The van der Waals surface area contributed by atoms with Crippen LogP contribution in [0.5, 0.6) is 0 Å². The molecule has 2 aromatic rings. The van der Waals surface area contributed by atoms with Gasteiger partial charge in [0.1, 0.15) is 0 Å². The SMILES string of the molecule is N[C@@H](Cc1ccccc1)C(=O)NCc1ccncc1. The van der Waals surface area contributed by atoms with Gasteiger partial charge in [-0.2, -0.15) is 0 Å². The third-order valence-electron chi connectivity index (χ3n) is 2.85. The van der Waals surface area contributed by atoms with Crippen molar-refractivity contribution in [1.29, 1.82) is 0 Å².